The molecule has 0 spiro atoms. The van der Waals surface area contributed by atoms with E-state index < -0.39 is 0 Å². The van der Waals surface area contributed by atoms with Crippen molar-refractivity contribution in [2.24, 2.45) is 0 Å². The predicted molar refractivity (Wildman–Crippen MR) is 122 cm³/mol. The number of anilines is 1. The first-order chi connectivity index (χ1) is 14.9. The van der Waals surface area contributed by atoms with Crippen LogP contribution in [0.15, 0.2) is 59.4 Å². The molecule has 158 valence electrons. The summed E-state index contributed by atoms with van der Waals surface area (Å²) in [4.78, 5) is 42.2. The van der Waals surface area contributed by atoms with Crippen molar-refractivity contribution in [1.82, 2.24) is 4.98 Å². The van der Waals surface area contributed by atoms with Crippen LogP contribution in [0.4, 0.5) is 5.69 Å². The number of ketones is 1. The number of aryl methyl sites for hydroxylation is 3. The summed E-state index contributed by atoms with van der Waals surface area (Å²) in [7, 11) is 0. The van der Waals surface area contributed by atoms with Gasteiger partial charge in [0.1, 0.15) is 0 Å². The Morgan fingerprint density at radius 1 is 1.00 bits per heavy atom. The van der Waals surface area contributed by atoms with Crippen LogP contribution in [0.25, 0.3) is 0 Å². The molecule has 2 aromatic carbocycles. The maximum Gasteiger partial charge on any atom is 0.251 e. The first kappa shape index (κ1) is 20.8. The van der Waals surface area contributed by atoms with Crippen molar-refractivity contribution in [2.75, 3.05) is 4.90 Å². The molecule has 5 heteroatoms. The zero-order valence-electron chi connectivity index (χ0n) is 17.9. The smallest absolute Gasteiger partial charge is 0.251 e. The van der Waals surface area contributed by atoms with Crippen LogP contribution in [0, 0.1) is 13.8 Å². The standard InChI is InChI=1S/C26H26N2O3/c1-17-14-18(2)27-26(31)22(17)10-12-24(29)21-8-11-23-20(15-21)9-13-25(30)28(23)16-19-6-4-3-5-7-19/h3-8,11,14-15H,9-10,12-13,16H2,1-2H3,(H,27,31). The van der Waals surface area contributed by atoms with Crippen molar-refractivity contribution >= 4 is 17.4 Å². The van der Waals surface area contributed by atoms with Gasteiger partial charge in [-0.25, -0.2) is 0 Å². The second-order valence-corrected chi connectivity index (χ2v) is 8.18. The van der Waals surface area contributed by atoms with E-state index in [9.17, 15) is 14.4 Å². The van der Waals surface area contributed by atoms with Gasteiger partial charge in [-0.1, -0.05) is 30.3 Å². The van der Waals surface area contributed by atoms with E-state index in [2.05, 4.69) is 4.98 Å². The summed E-state index contributed by atoms with van der Waals surface area (Å²) in [6, 6.07) is 17.4. The van der Waals surface area contributed by atoms with Gasteiger partial charge in [-0.2, -0.15) is 0 Å². The number of hydrogen-bond donors (Lipinski definition) is 1. The second kappa shape index (κ2) is 8.72. The lowest BCUT2D eigenvalue weighted by atomic mass is 9.95. The molecule has 1 aliphatic heterocycles. The Morgan fingerprint density at radius 2 is 1.77 bits per heavy atom. The third kappa shape index (κ3) is 4.50. The lowest BCUT2D eigenvalue weighted by Crippen LogP contribution is -2.34. The Balaban J connectivity index is 1.52. The first-order valence-electron chi connectivity index (χ1n) is 10.6. The summed E-state index contributed by atoms with van der Waals surface area (Å²) >= 11 is 0. The summed E-state index contributed by atoms with van der Waals surface area (Å²) in [6.07, 6.45) is 1.77. The van der Waals surface area contributed by atoms with Gasteiger partial charge in [-0.15, -0.1) is 0 Å². The van der Waals surface area contributed by atoms with Crippen molar-refractivity contribution < 1.29 is 9.59 Å². The molecular weight excluding hydrogens is 388 g/mol. The molecule has 1 aromatic heterocycles. The number of fused-ring (bicyclic) bond motifs is 1. The Morgan fingerprint density at radius 3 is 2.52 bits per heavy atom. The summed E-state index contributed by atoms with van der Waals surface area (Å²) in [5.41, 5.74) is 5.88. The van der Waals surface area contributed by atoms with Gasteiger partial charge in [-0.05, 0) is 67.6 Å². The van der Waals surface area contributed by atoms with Gasteiger partial charge in [0.05, 0.1) is 6.54 Å². The maximum absolute atomic E-state index is 12.8. The minimum atomic E-state index is -0.120. The van der Waals surface area contributed by atoms with Gasteiger partial charge in [0, 0.05) is 35.3 Å². The maximum atomic E-state index is 12.8. The lowest BCUT2D eigenvalue weighted by Gasteiger charge is -2.30. The number of pyridine rings is 1. The van der Waals surface area contributed by atoms with Gasteiger partial charge in [-0.3, -0.25) is 14.4 Å². The molecule has 0 fully saturated rings. The highest BCUT2D eigenvalue weighted by molar-refractivity contribution is 6.00. The van der Waals surface area contributed by atoms with E-state index in [0.29, 0.717) is 36.9 Å². The van der Waals surface area contributed by atoms with E-state index in [1.165, 1.54) is 0 Å². The van der Waals surface area contributed by atoms with Crippen LogP contribution in [-0.4, -0.2) is 16.7 Å². The highest BCUT2D eigenvalue weighted by Gasteiger charge is 2.25. The Hall–Kier alpha value is -3.47. The number of hydrogen-bond acceptors (Lipinski definition) is 3. The minimum Gasteiger partial charge on any atom is -0.326 e. The fourth-order valence-electron chi connectivity index (χ4n) is 4.25. The molecule has 0 unspecified atom stereocenters. The minimum absolute atomic E-state index is 0.00804. The third-order valence-corrected chi connectivity index (χ3v) is 5.88. The Kier molecular flexibility index (Phi) is 5.85. The summed E-state index contributed by atoms with van der Waals surface area (Å²) < 4.78 is 0. The molecule has 4 rings (SSSR count). The monoisotopic (exact) mass is 414 g/mol. The van der Waals surface area contributed by atoms with Crippen LogP contribution in [0.5, 0.6) is 0 Å². The van der Waals surface area contributed by atoms with Gasteiger partial charge in [0.15, 0.2) is 5.78 Å². The van der Waals surface area contributed by atoms with E-state index in [0.717, 1.165) is 28.1 Å². The highest BCUT2D eigenvalue weighted by Crippen LogP contribution is 2.30. The lowest BCUT2D eigenvalue weighted by molar-refractivity contribution is -0.119. The number of nitrogens with one attached hydrogen (secondary N) is 1. The number of nitrogens with zero attached hydrogens (tertiary/aromatic N) is 1. The zero-order chi connectivity index (χ0) is 22.0. The van der Waals surface area contributed by atoms with Gasteiger partial charge < -0.3 is 9.88 Å². The number of aromatic nitrogens is 1. The van der Waals surface area contributed by atoms with E-state index in [-0.39, 0.29) is 23.7 Å². The molecule has 1 aliphatic rings. The number of H-pyrrole nitrogens is 1. The topological polar surface area (TPSA) is 70.2 Å². The number of aromatic amines is 1. The van der Waals surface area contributed by atoms with Crippen molar-refractivity contribution in [1.29, 1.82) is 0 Å². The summed E-state index contributed by atoms with van der Waals surface area (Å²) in [5, 5.41) is 0. The Bertz CT molecular complexity index is 1200. The molecule has 0 bridgehead atoms. The Labute approximate surface area is 181 Å². The van der Waals surface area contributed by atoms with Crippen molar-refractivity contribution in [3.8, 4) is 0 Å². The van der Waals surface area contributed by atoms with Crippen LogP contribution < -0.4 is 10.5 Å². The molecule has 3 aromatic rings. The number of Topliss-reactive ketones (excluding diaryl/α,β-unsaturated/α-hetero) is 1. The van der Waals surface area contributed by atoms with Crippen molar-refractivity contribution in [2.45, 2.75) is 46.1 Å². The number of carbonyl (C=O) groups excluding carboxylic acids is 2. The molecule has 1 amide bonds. The molecule has 2 heterocycles. The van der Waals surface area contributed by atoms with Crippen LogP contribution in [0.3, 0.4) is 0 Å². The average Bonchev–Trinajstić information content (AvgIpc) is 2.75. The van der Waals surface area contributed by atoms with Crippen LogP contribution in [0.1, 0.15) is 51.1 Å². The SMILES string of the molecule is Cc1cc(C)c(CCC(=O)c2ccc3c(c2)CCC(=O)N3Cc2ccccc2)c(=O)[nH]1. The average molecular weight is 415 g/mol. The van der Waals surface area contributed by atoms with Crippen molar-refractivity contribution in [3.63, 3.8) is 0 Å². The normalized spacial score (nSPS) is 13.2. The third-order valence-electron chi connectivity index (χ3n) is 5.88. The van der Waals surface area contributed by atoms with E-state index >= 15 is 0 Å². The molecule has 31 heavy (non-hydrogen) atoms. The quantitative estimate of drug-likeness (QED) is 0.612. The van der Waals surface area contributed by atoms with Crippen LogP contribution >= 0.6 is 0 Å². The molecule has 5 nitrogen and oxygen atoms in total. The molecule has 0 radical (unpaired) electrons. The number of carbonyl (C=O) groups is 2. The molecule has 0 atom stereocenters. The van der Waals surface area contributed by atoms with Crippen molar-refractivity contribution in [3.05, 3.63) is 98.5 Å². The first-order valence-corrected chi connectivity index (χ1v) is 10.6. The highest BCUT2D eigenvalue weighted by atomic mass is 16.2. The fraction of sp³-hybridized carbons (Fsp3) is 0.269. The van der Waals surface area contributed by atoms with Crippen LogP contribution in [-0.2, 0) is 24.2 Å². The molecule has 1 N–H and O–H groups in total. The molecule has 0 saturated carbocycles. The number of rotatable bonds is 6. The van der Waals surface area contributed by atoms with E-state index in [4.69, 9.17) is 0 Å². The number of amides is 1. The summed E-state index contributed by atoms with van der Waals surface area (Å²) in [6.45, 7) is 4.27. The zero-order valence-corrected chi connectivity index (χ0v) is 17.9. The largest absolute Gasteiger partial charge is 0.326 e. The second-order valence-electron chi connectivity index (χ2n) is 8.18. The van der Waals surface area contributed by atoms with E-state index in [1.54, 1.807) is 11.0 Å². The summed E-state index contributed by atoms with van der Waals surface area (Å²) in [5.74, 6) is 0.109. The van der Waals surface area contributed by atoms with Gasteiger partial charge >= 0.3 is 0 Å². The van der Waals surface area contributed by atoms with Crippen LogP contribution in [0.2, 0.25) is 0 Å². The number of benzene rings is 2. The fourth-order valence-corrected chi connectivity index (χ4v) is 4.25. The van der Waals surface area contributed by atoms with Gasteiger partial charge in [0.25, 0.3) is 5.56 Å². The molecule has 0 saturated heterocycles. The van der Waals surface area contributed by atoms with E-state index in [1.807, 2.05) is 62.4 Å². The van der Waals surface area contributed by atoms with Gasteiger partial charge in [0.2, 0.25) is 5.91 Å². The molecule has 0 aliphatic carbocycles. The molecular formula is C26H26N2O3. The predicted octanol–water partition coefficient (Wildman–Crippen LogP) is 4.29.